The van der Waals surface area contributed by atoms with Crippen LogP contribution >= 0.6 is 15.2 Å². The van der Waals surface area contributed by atoms with Gasteiger partial charge >= 0.3 is 15.2 Å². The average molecular weight is 286 g/mol. The first-order valence-corrected chi connectivity index (χ1v) is 7.78. The summed E-state index contributed by atoms with van der Waals surface area (Å²) < 4.78 is 41.9. The number of amides is 2. The van der Waals surface area contributed by atoms with E-state index in [1.807, 2.05) is 11.0 Å². The molecule has 10 nitrogen and oxygen atoms in total. The van der Waals surface area contributed by atoms with Gasteiger partial charge in [-0.1, -0.05) is 0 Å². The van der Waals surface area contributed by atoms with Crippen molar-refractivity contribution >= 4 is 27.0 Å². The second-order valence-corrected chi connectivity index (χ2v) is 7.60. The summed E-state index contributed by atoms with van der Waals surface area (Å²) in [5.74, 6) is -1.94. The van der Waals surface area contributed by atoms with Gasteiger partial charge in [-0.25, -0.2) is 11.0 Å². The molecule has 0 saturated carbocycles. The van der Waals surface area contributed by atoms with Gasteiger partial charge in [-0.3, -0.25) is 27.8 Å². The Labute approximate surface area is 94.9 Å². The minimum absolute atomic E-state index is 0.483. The normalized spacial score (nSPS) is 38.4. The summed E-state index contributed by atoms with van der Waals surface area (Å²) in [6.07, 6.45) is 0. The van der Waals surface area contributed by atoms with Crippen LogP contribution < -0.4 is 11.0 Å². The van der Waals surface area contributed by atoms with Gasteiger partial charge in [0.1, 0.15) is 13.2 Å². The van der Waals surface area contributed by atoms with Crippen molar-refractivity contribution in [2.45, 2.75) is 0 Å². The monoisotopic (exact) mass is 286 g/mol. The Bertz CT molecular complexity index is 381. The molecule has 2 aliphatic rings. The average Bonchev–Trinajstić information content (AvgIpc) is 2.28. The van der Waals surface area contributed by atoms with Crippen LogP contribution in [0.3, 0.4) is 0 Å². The van der Waals surface area contributed by atoms with Crippen molar-refractivity contribution in [1.29, 1.82) is 0 Å². The first-order valence-electron chi connectivity index (χ1n) is 4.33. The molecule has 2 heterocycles. The van der Waals surface area contributed by atoms with Crippen molar-refractivity contribution in [3.63, 3.8) is 0 Å². The number of hydrogen-bond acceptors (Lipinski definition) is 8. The third-order valence-electron chi connectivity index (χ3n) is 1.73. The maximum absolute atomic E-state index is 11.8. The Balaban J connectivity index is 2.00. The lowest BCUT2D eigenvalue weighted by atomic mass is 10.7. The van der Waals surface area contributed by atoms with Crippen molar-refractivity contribution in [3.05, 3.63) is 0 Å². The summed E-state index contributed by atoms with van der Waals surface area (Å²) in [6, 6.07) is 0. The highest BCUT2D eigenvalue weighted by molar-refractivity contribution is 7.71. The third-order valence-corrected chi connectivity index (χ3v) is 6.28. The largest absolute Gasteiger partial charge is 0.364 e. The van der Waals surface area contributed by atoms with Gasteiger partial charge < -0.3 is 0 Å². The van der Waals surface area contributed by atoms with Gasteiger partial charge in [-0.05, 0) is 0 Å². The van der Waals surface area contributed by atoms with Crippen molar-refractivity contribution in [2.24, 2.45) is 0 Å². The first kappa shape index (κ1) is 12.7. The lowest BCUT2D eigenvalue weighted by Gasteiger charge is -2.27. The summed E-state index contributed by atoms with van der Waals surface area (Å²) in [5, 5.41) is 0. The molecule has 96 valence electrons. The zero-order chi connectivity index (χ0) is 12.5. The Morgan fingerprint density at radius 1 is 0.941 bits per heavy atom. The quantitative estimate of drug-likeness (QED) is 0.649. The van der Waals surface area contributed by atoms with Crippen LogP contribution in [-0.4, -0.2) is 30.9 Å². The summed E-state index contributed by atoms with van der Waals surface area (Å²) in [6.45, 7) is -0.965. The maximum atomic E-state index is 11.8. The minimum atomic E-state index is -3.80. The first-order chi connectivity index (χ1) is 7.91. The molecule has 12 heteroatoms. The molecule has 2 rings (SSSR count). The predicted octanol–water partition coefficient (Wildman–Crippen LogP) is -0.514. The van der Waals surface area contributed by atoms with E-state index < -0.39 is 46.1 Å². The van der Waals surface area contributed by atoms with Crippen LogP contribution in [-0.2, 0) is 37.0 Å². The SMILES string of the molecule is O=C1COP(=O)(CP2(=O)OCC(=O)NO2)ON1. The van der Waals surface area contributed by atoms with Crippen LogP contribution in [0, 0.1) is 0 Å². The number of rotatable bonds is 2. The number of hydrogen-bond donors (Lipinski definition) is 2. The van der Waals surface area contributed by atoms with E-state index in [0.29, 0.717) is 0 Å². The summed E-state index contributed by atoms with van der Waals surface area (Å²) in [7, 11) is -7.60. The molecule has 0 radical (unpaired) electrons. The van der Waals surface area contributed by atoms with Crippen LogP contribution in [0.1, 0.15) is 0 Å². The summed E-state index contributed by atoms with van der Waals surface area (Å²) in [5.41, 5.74) is 3.68. The van der Waals surface area contributed by atoms with Gasteiger partial charge in [0.05, 0.1) is 0 Å². The number of nitrogens with one attached hydrogen (secondary N) is 2. The Kier molecular flexibility index (Phi) is 3.35. The molecular formula is C5H8N2O8P2. The van der Waals surface area contributed by atoms with Gasteiger partial charge in [-0.15, -0.1) is 0 Å². The van der Waals surface area contributed by atoms with E-state index in [4.69, 9.17) is 0 Å². The van der Waals surface area contributed by atoms with E-state index in [2.05, 4.69) is 18.3 Å². The van der Waals surface area contributed by atoms with Crippen molar-refractivity contribution in [2.75, 3.05) is 19.1 Å². The highest BCUT2D eigenvalue weighted by Crippen LogP contribution is 2.64. The molecule has 0 spiro atoms. The molecule has 0 bridgehead atoms. The predicted molar refractivity (Wildman–Crippen MR) is 50.4 cm³/mol. The molecule has 0 aliphatic carbocycles. The van der Waals surface area contributed by atoms with E-state index in [1.165, 1.54) is 0 Å². The van der Waals surface area contributed by atoms with E-state index in [0.717, 1.165) is 0 Å². The van der Waals surface area contributed by atoms with Crippen LogP contribution in [0.15, 0.2) is 0 Å². The molecule has 0 aromatic heterocycles. The lowest BCUT2D eigenvalue weighted by Crippen LogP contribution is -2.35. The highest BCUT2D eigenvalue weighted by atomic mass is 31.2. The Hall–Kier alpha value is -0.760. The second kappa shape index (κ2) is 4.49. The summed E-state index contributed by atoms with van der Waals surface area (Å²) >= 11 is 0. The van der Waals surface area contributed by atoms with Crippen LogP contribution in [0.5, 0.6) is 0 Å². The maximum Gasteiger partial charge on any atom is 0.364 e. The molecular weight excluding hydrogens is 278 g/mol. The zero-order valence-corrected chi connectivity index (χ0v) is 10.1. The van der Waals surface area contributed by atoms with Crippen molar-refractivity contribution in [1.82, 2.24) is 11.0 Å². The Morgan fingerprint density at radius 2 is 1.35 bits per heavy atom. The molecule has 2 N–H and O–H groups in total. The topological polar surface area (TPSA) is 129 Å². The van der Waals surface area contributed by atoms with Crippen molar-refractivity contribution < 1.29 is 37.0 Å². The molecule has 0 aromatic rings. The standard InChI is InChI=1S/C5H8N2O8P2/c8-4-1-12-16(10,14-6-4)3-17(11)13-2-5(9)7-15-17/h1-3H2,(H,6,8)(H,7,9). The van der Waals surface area contributed by atoms with Crippen LogP contribution in [0.25, 0.3) is 0 Å². The van der Waals surface area contributed by atoms with Crippen LogP contribution in [0.4, 0.5) is 0 Å². The fourth-order valence-electron chi connectivity index (χ4n) is 1.02. The Morgan fingerprint density at radius 3 is 1.65 bits per heavy atom. The van der Waals surface area contributed by atoms with Gasteiger partial charge in [0.15, 0.2) is 5.90 Å². The van der Waals surface area contributed by atoms with E-state index in [9.17, 15) is 18.7 Å². The summed E-state index contributed by atoms with van der Waals surface area (Å²) in [4.78, 5) is 21.4. The second-order valence-electron chi connectivity index (χ2n) is 3.14. The molecule has 2 aliphatic heterocycles. The van der Waals surface area contributed by atoms with Crippen molar-refractivity contribution in [3.8, 4) is 0 Å². The van der Waals surface area contributed by atoms with Gasteiger partial charge in [0.25, 0.3) is 11.8 Å². The van der Waals surface area contributed by atoms with E-state index in [-0.39, 0.29) is 0 Å². The molecule has 2 fully saturated rings. The minimum Gasteiger partial charge on any atom is -0.297 e. The third kappa shape index (κ3) is 3.12. The van der Waals surface area contributed by atoms with Gasteiger partial charge in [0, 0.05) is 0 Å². The number of carbonyl (C=O) groups excluding carboxylic acids is 2. The molecule has 2 atom stereocenters. The molecule has 17 heavy (non-hydrogen) atoms. The van der Waals surface area contributed by atoms with Crippen LogP contribution in [0.2, 0.25) is 0 Å². The highest BCUT2D eigenvalue weighted by Gasteiger charge is 2.44. The molecule has 2 saturated heterocycles. The number of carbonyl (C=O) groups is 2. The lowest BCUT2D eigenvalue weighted by molar-refractivity contribution is -0.134. The molecule has 2 unspecified atom stereocenters. The fourth-order valence-corrected chi connectivity index (χ4v) is 5.05. The smallest absolute Gasteiger partial charge is 0.297 e. The molecule has 0 aromatic carbocycles. The molecule has 2 amide bonds. The van der Waals surface area contributed by atoms with Gasteiger partial charge in [0.2, 0.25) is 0 Å². The van der Waals surface area contributed by atoms with Gasteiger partial charge in [-0.2, -0.15) is 9.25 Å². The number of hydroxylamine groups is 2. The fraction of sp³-hybridized carbons (Fsp3) is 0.600. The van der Waals surface area contributed by atoms with E-state index in [1.54, 1.807) is 0 Å². The zero-order valence-electron chi connectivity index (χ0n) is 8.28. The van der Waals surface area contributed by atoms with E-state index >= 15 is 0 Å².